The molecule has 1 unspecified atom stereocenters. The number of rotatable bonds is 7. The molecule has 0 bridgehead atoms. The first-order chi connectivity index (χ1) is 9.99. The first-order valence-corrected chi connectivity index (χ1v) is 9.31. The van der Waals surface area contributed by atoms with Crippen molar-refractivity contribution >= 4 is 39.6 Å². The van der Waals surface area contributed by atoms with Crippen LogP contribution in [-0.4, -0.2) is 42.6 Å². The second kappa shape index (κ2) is 7.09. The van der Waals surface area contributed by atoms with Crippen molar-refractivity contribution in [3.8, 4) is 0 Å². The SMILES string of the molecule is Cc1cccc2c1nc(SCC(=O)O)n2CCCS(C)=O. The third kappa shape index (κ3) is 4.07. The Kier molecular flexibility index (Phi) is 5.41. The van der Waals surface area contributed by atoms with Crippen LogP contribution in [0, 0.1) is 6.92 Å². The normalized spacial score (nSPS) is 12.7. The Morgan fingerprint density at radius 2 is 2.24 bits per heavy atom. The number of hydrogen-bond donors (Lipinski definition) is 1. The molecule has 1 aromatic heterocycles. The summed E-state index contributed by atoms with van der Waals surface area (Å²) in [5.74, 6) is -0.235. The number of fused-ring (bicyclic) bond motifs is 1. The van der Waals surface area contributed by atoms with Crippen LogP contribution in [0.3, 0.4) is 0 Å². The van der Waals surface area contributed by atoms with Gasteiger partial charge in [-0.3, -0.25) is 9.00 Å². The van der Waals surface area contributed by atoms with E-state index in [9.17, 15) is 9.00 Å². The molecule has 0 aliphatic carbocycles. The number of benzene rings is 1. The van der Waals surface area contributed by atoms with Crippen molar-refractivity contribution in [2.45, 2.75) is 25.0 Å². The topological polar surface area (TPSA) is 72.2 Å². The number of carboxylic acid groups (broad SMARTS) is 1. The van der Waals surface area contributed by atoms with Gasteiger partial charge in [-0.05, 0) is 25.0 Å². The maximum Gasteiger partial charge on any atom is 0.313 e. The highest BCUT2D eigenvalue weighted by Crippen LogP contribution is 2.26. The maximum atomic E-state index is 11.2. The summed E-state index contributed by atoms with van der Waals surface area (Å²) in [6, 6.07) is 5.95. The summed E-state index contributed by atoms with van der Waals surface area (Å²) in [5, 5.41) is 9.56. The lowest BCUT2D eigenvalue weighted by molar-refractivity contribution is -0.133. The second-order valence-electron chi connectivity index (χ2n) is 4.80. The molecular weight excluding hydrogens is 308 g/mol. The lowest BCUT2D eigenvalue weighted by Gasteiger charge is -2.07. The Hall–Kier alpha value is -1.34. The molecule has 0 radical (unpaired) electrons. The van der Waals surface area contributed by atoms with Crippen molar-refractivity contribution in [3.63, 3.8) is 0 Å². The zero-order valence-corrected chi connectivity index (χ0v) is 13.7. The van der Waals surface area contributed by atoms with Gasteiger partial charge in [0, 0.05) is 29.4 Å². The van der Waals surface area contributed by atoms with Gasteiger partial charge < -0.3 is 9.67 Å². The van der Waals surface area contributed by atoms with Crippen LogP contribution < -0.4 is 0 Å². The summed E-state index contributed by atoms with van der Waals surface area (Å²) < 4.78 is 13.2. The number of aliphatic carboxylic acids is 1. The molecule has 114 valence electrons. The molecule has 2 rings (SSSR count). The molecule has 5 nitrogen and oxygen atoms in total. The van der Waals surface area contributed by atoms with Crippen LogP contribution in [0.25, 0.3) is 11.0 Å². The van der Waals surface area contributed by atoms with E-state index in [1.807, 2.05) is 29.7 Å². The molecule has 7 heteroatoms. The summed E-state index contributed by atoms with van der Waals surface area (Å²) >= 11 is 1.22. The molecule has 0 aliphatic rings. The Bertz CT molecular complexity index is 682. The molecule has 0 spiro atoms. The van der Waals surface area contributed by atoms with Gasteiger partial charge in [-0.15, -0.1) is 0 Å². The summed E-state index contributed by atoms with van der Waals surface area (Å²) in [6.45, 7) is 2.69. The molecule has 1 atom stereocenters. The minimum atomic E-state index is -0.856. The number of carbonyl (C=O) groups is 1. The zero-order chi connectivity index (χ0) is 15.4. The van der Waals surface area contributed by atoms with Crippen LogP contribution in [0.15, 0.2) is 23.4 Å². The number of aryl methyl sites for hydroxylation is 2. The molecule has 1 aromatic carbocycles. The van der Waals surface area contributed by atoms with Crippen LogP contribution in [0.1, 0.15) is 12.0 Å². The molecule has 0 amide bonds. The molecule has 1 heterocycles. The van der Waals surface area contributed by atoms with Crippen molar-refractivity contribution < 1.29 is 14.1 Å². The van der Waals surface area contributed by atoms with Crippen molar-refractivity contribution in [2.24, 2.45) is 0 Å². The van der Waals surface area contributed by atoms with Gasteiger partial charge in [-0.1, -0.05) is 23.9 Å². The molecule has 0 fully saturated rings. The minimum Gasteiger partial charge on any atom is -0.481 e. The van der Waals surface area contributed by atoms with Crippen molar-refractivity contribution in [1.82, 2.24) is 9.55 Å². The highest BCUT2D eigenvalue weighted by Gasteiger charge is 2.13. The van der Waals surface area contributed by atoms with Gasteiger partial charge in [-0.25, -0.2) is 4.98 Å². The highest BCUT2D eigenvalue weighted by atomic mass is 32.2. The maximum absolute atomic E-state index is 11.2. The second-order valence-corrected chi connectivity index (χ2v) is 7.30. The quantitative estimate of drug-likeness (QED) is 0.790. The fourth-order valence-electron chi connectivity index (χ4n) is 2.14. The van der Waals surface area contributed by atoms with Crippen molar-refractivity contribution in [1.29, 1.82) is 0 Å². The Morgan fingerprint density at radius 3 is 2.90 bits per heavy atom. The summed E-state index contributed by atoms with van der Waals surface area (Å²) in [6.07, 6.45) is 2.47. The van der Waals surface area contributed by atoms with Crippen molar-refractivity contribution in [2.75, 3.05) is 17.8 Å². The third-order valence-corrected chi connectivity index (χ3v) is 4.91. The first-order valence-electron chi connectivity index (χ1n) is 6.59. The van der Waals surface area contributed by atoms with E-state index >= 15 is 0 Å². The molecular formula is C14H18N2O3S2. The number of imidazole rings is 1. The predicted molar refractivity (Wildman–Crippen MR) is 86.4 cm³/mol. The zero-order valence-electron chi connectivity index (χ0n) is 12.0. The van der Waals surface area contributed by atoms with Crippen molar-refractivity contribution in [3.05, 3.63) is 23.8 Å². The van der Waals surface area contributed by atoms with E-state index in [1.54, 1.807) is 6.26 Å². The van der Waals surface area contributed by atoms with Crippen LogP contribution in [0.4, 0.5) is 0 Å². The standard InChI is InChI=1S/C14H18N2O3S2/c1-10-5-3-6-11-13(10)15-14(20-9-12(17)18)16(11)7-4-8-21(2)19/h3,5-6H,4,7-9H2,1-2H3,(H,17,18). The smallest absolute Gasteiger partial charge is 0.313 e. The van der Waals surface area contributed by atoms with E-state index < -0.39 is 16.8 Å². The fourth-order valence-corrected chi connectivity index (χ4v) is 3.43. The van der Waals surface area contributed by atoms with E-state index in [1.165, 1.54) is 11.8 Å². The number of carboxylic acids is 1. The van der Waals surface area contributed by atoms with Crippen LogP contribution >= 0.6 is 11.8 Å². The lowest BCUT2D eigenvalue weighted by atomic mass is 10.2. The third-order valence-electron chi connectivity index (χ3n) is 3.08. The van der Waals surface area contributed by atoms with E-state index in [0.29, 0.717) is 17.5 Å². The lowest BCUT2D eigenvalue weighted by Crippen LogP contribution is -2.06. The number of hydrogen-bond acceptors (Lipinski definition) is 4. The van der Waals surface area contributed by atoms with E-state index in [0.717, 1.165) is 23.0 Å². The van der Waals surface area contributed by atoms with E-state index in [-0.39, 0.29) is 5.75 Å². The minimum absolute atomic E-state index is 0.0118. The average Bonchev–Trinajstić information content (AvgIpc) is 2.76. The molecule has 21 heavy (non-hydrogen) atoms. The molecule has 1 N–H and O–H groups in total. The van der Waals surface area contributed by atoms with Gasteiger partial charge in [0.15, 0.2) is 5.16 Å². The molecule has 0 saturated heterocycles. The van der Waals surface area contributed by atoms with E-state index in [2.05, 4.69) is 4.98 Å². The Morgan fingerprint density at radius 1 is 1.48 bits per heavy atom. The predicted octanol–water partition coefficient (Wildman–Crippen LogP) is 2.29. The number of nitrogens with zero attached hydrogens (tertiary/aromatic N) is 2. The van der Waals surface area contributed by atoms with E-state index in [4.69, 9.17) is 5.11 Å². The van der Waals surface area contributed by atoms with Gasteiger partial charge in [0.1, 0.15) is 0 Å². The van der Waals surface area contributed by atoms with Crippen LogP contribution in [0.5, 0.6) is 0 Å². The van der Waals surface area contributed by atoms with Gasteiger partial charge in [-0.2, -0.15) is 0 Å². The van der Waals surface area contributed by atoms with Gasteiger partial charge >= 0.3 is 5.97 Å². The van der Waals surface area contributed by atoms with Crippen LogP contribution in [0.2, 0.25) is 0 Å². The van der Waals surface area contributed by atoms with Gasteiger partial charge in [0.05, 0.1) is 16.8 Å². The van der Waals surface area contributed by atoms with Gasteiger partial charge in [0.25, 0.3) is 0 Å². The molecule has 0 aliphatic heterocycles. The number of aromatic nitrogens is 2. The Labute approximate surface area is 130 Å². The average molecular weight is 326 g/mol. The monoisotopic (exact) mass is 326 g/mol. The number of thioether (sulfide) groups is 1. The summed E-state index contributed by atoms with van der Waals surface area (Å²) in [7, 11) is -0.818. The number of para-hydroxylation sites is 1. The van der Waals surface area contributed by atoms with Crippen LogP contribution in [-0.2, 0) is 22.1 Å². The summed E-state index contributed by atoms with van der Waals surface area (Å²) in [5.41, 5.74) is 2.98. The Balaban J connectivity index is 2.32. The van der Waals surface area contributed by atoms with Gasteiger partial charge in [0.2, 0.25) is 0 Å². The molecule has 0 saturated carbocycles. The highest BCUT2D eigenvalue weighted by molar-refractivity contribution is 7.99. The largest absolute Gasteiger partial charge is 0.481 e. The summed E-state index contributed by atoms with van der Waals surface area (Å²) in [4.78, 5) is 15.3. The first kappa shape index (κ1) is 16.0. The molecule has 2 aromatic rings. The fraction of sp³-hybridized carbons (Fsp3) is 0.429.